The fraction of sp³-hybridized carbons (Fsp3) is 0.160. The average molecular weight is 479 g/mol. The number of fused-ring (bicyclic) bond motifs is 1. The highest BCUT2D eigenvalue weighted by molar-refractivity contribution is 6.30. The molecule has 1 aliphatic heterocycles. The van der Waals surface area contributed by atoms with Gasteiger partial charge in [-0.15, -0.1) is 0 Å². The van der Waals surface area contributed by atoms with Crippen molar-refractivity contribution >= 4 is 29.1 Å². The number of anilines is 1. The van der Waals surface area contributed by atoms with Crippen LogP contribution in [0.4, 0.5) is 10.1 Å². The first-order chi connectivity index (χ1) is 16.3. The fourth-order valence-electron chi connectivity index (χ4n) is 4.10. The maximum absolute atomic E-state index is 13.7. The number of carbonyl (C=O) groups excluding carboxylic acids is 2. The second kappa shape index (κ2) is 8.46. The van der Waals surface area contributed by atoms with E-state index in [2.05, 4.69) is 10.4 Å². The second-order valence-corrected chi connectivity index (χ2v) is 8.69. The molecule has 5 rings (SSSR count). The van der Waals surface area contributed by atoms with Crippen LogP contribution in [0.25, 0.3) is 11.5 Å². The van der Waals surface area contributed by atoms with Crippen molar-refractivity contribution in [3.05, 3.63) is 95.1 Å². The maximum Gasteiger partial charge on any atom is 0.277 e. The minimum absolute atomic E-state index is 0.0958. The van der Waals surface area contributed by atoms with E-state index in [1.807, 2.05) is 12.1 Å². The highest BCUT2D eigenvalue weighted by atomic mass is 35.5. The summed E-state index contributed by atoms with van der Waals surface area (Å²) in [5.74, 6) is -0.725. The van der Waals surface area contributed by atoms with Crippen molar-refractivity contribution in [3.63, 3.8) is 0 Å². The van der Waals surface area contributed by atoms with E-state index >= 15 is 0 Å². The van der Waals surface area contributed by atoms with Gasteiger partial charge in [0.1, 0.15) is 22.7 Å². The van der Waals surface area contributed by atoms with Crippen LogP contribution in [0.3, 0.4) is 0 Å². The summed E-state index contributed by atoms with van der Waals surface area (Å²) >= 11 is 5.94. The highest BCUT2D eigenvalue weighted by Crippen LogP contribution is 2.34. The van der Waals surface area contributed by atoms with Gasteiger partial charge in [0.15, 0.2) is 5.76 Å². The Labute approximate surface area is 199 Å². The van der Waals surface area contributed by atoms with E-state index in [9.17, 15) is 14.0 Å². The SMILES string of the molecule is CC1(C(=O)NCc2ccc(Cl)cc2)Cn2nc(-c3ccco3)cc2C(=O)N1c1ccc(F)cc1. The fourth-order valence-corrected chi connectivity index (χ4v) is 4.22. The zero-order valence-corrected chi connectivity index (χ0v) is 18.9. The summed E-state index contributed by atoms with van der Waals surface area (Å²) in [6.07, 6.45) is 1.52. The minimum atomic E-state index is -1.33. The summed E-state index contributed by atoms with van der Waals surface area (Å²) in [7, 11) is 0. The van der Waals surface area contributed by atoms with Crippen molar-refractivity contribution in [2.45, 2.75) is 25.6 Å². The van der Waals surface area contributed by atoms with Crippen LogP contribution < -0.4 is 10.2 Å². The molecule has 4 aromatic rings. The second-order valence-electron chi connectivity index (χ2n) is 8.25. The van der Waals surface area contributed by atoms with Gasteiger partial charge in [-0.3, -0.25) is 19.2 Å². The lowest BCUT2D eigenvalue weighted by Crippen LogP contribution is -2.64. The first-order valence-corrected chi connectivity index (χ1v) is 11.0. The van der Waals surface area contributed by atoms with E-state index in [-0.39, 0.29) is 19.0 Å². The summed E-state index contributed by atoms with van der Waals surface area (Å²) < 4.78 is 20.6. The van der Waals surface area contributed by atoms with Crippen molar-refractivity contribution in [1.82, 2.24) is 15.1 Å². The molecule has 3 heterocycles. The Bertz CT molecular complexity index is 1350. The molecule has 0 saturated heterocycles. The number of benzene rings is 2. The van der Waals surface area contributed by atoms with E-state index in [0.29, 0.717) is 27.9 Å². The molecule has 9 heteroatoms. The van der Waals surface area contributed by atoms with Crippen LogP contribution in [0.1, 0.15) is 23.0 Å². The molecule has 2 aromatic carbocycles. The van der Waals surface area contributed by atoms with E-state index in [0.717, 1.165) is 5.56 Å². The third-order valence-electron chi connectivity index (χ3n) is 5.87. The molecule has 1 unspecified atom stereocenters. The molecule has 0 bridgehead atoms. The zero-order valence-electron chi connectivity index (χ0n) is 18.2. The summed E-state index contributed by atoms with van der Waals surface area (Å²) in [5, 5.41) is 8.03. The predicted molar refractivity (Wildman–Crippen MR) is 125 cm³/mol. The molecule has 0 spiro atoms. The Morgan fingerprint density at radius 1 is 1.18 bits per heavy atom. The maximum atomic E-state index is 13.7. The summed E-state index contributed by atoms with van der Waals surface area (Å²) in [6, 6.07) is 17.7. The summed E-state index contributed by atoms with van der Waals surface area (Å²) in [5.41, 5.74) is 0.719. The smallest absolute Gasteiger partial charge is 0.277 e. The number of hydrogen-bond donors (Lipinski definition) is 1. The van der Waals surface area contributed by atoms with Crippen LogP contribution in [0.5, 0.6) is 0 Å². The van der Waals surface area contributed by atoms with Gasteiger partial charge in [0.25, 0.3) is 5.91 Å². The van der Waals surface area contributed by atoms with Crippen LogP contribution >= 0.6 is 11.6 Å². The molecule has 0 fully saturated rings. The van der Waals surface area contributed by atoms with Gasteiger partial charge in [-0.25, -0.2) is 4.39 Å². The Kier molecular flexibility index (Phi) is 5.45. The van der Waals surface area contributed by atoms with Crippen LogP contribution in [0.15, 0.2) is 77.4 Å². The molecule has 0 saturated carbocycles. The van der Waals surface area contributed by atoms with E-state index in [1.165, 1.54) is 40.1 Å². The molecule has 7 nitrogen and oxygen atoms in total. The predicted octanol–water partition coefficient (Wildman–Crippen LogP) is 4.67. The van der Waals surface area contributed by atoms with Crippen molar-refractivity contribution < 1.29 is 18.4 Å². The number of hydrogen-bond acceptors (Lipinski definition) is 4. The quantitative estimate of drug-likeness (QED) is 0.452. The van der Waals surface area contributed by atoms with Crippen LogP contribution in [-0.4, -0.2) is 27.1 Å². The Hall–Kier alpha value is -3.91. The lowest BCUT2D eigenvalue weighted by atomic mass is 9.93. The molecule has 2 aromatic heterocycles. The number of rotatable bonds is 5. The highest BCUT2D eigenvalue weighted by Gasteiger charge is 2.49. The lowest BCUT2D eigenvalue weighted by molar-refractivity contribution is -0.126. The molecule has 0 radical (unpaired) electrons. The van der Waals surface area contributed by atoms with Crippen LogP contribution in [0, 0.1) is 5.82 Å². The number of aromatic nitrogens is 2. The van der Waals surface area contributed by atoms with Crippen molar-refractivity contribution in [3.8, 4) is 11.5 Å². The van der Waals surface area contributed by atoms with Crippen LogP contribution in [0.2, 0.25) is 5.02 Å². The number of amides is 2. The van der Waals surface area contributed by atoms with Gasteiger partial charge >= 0.3 is 0 Å². The summed E-state index contributed by atoms with van der Waals surface area (Å²) in [6.45, 7) is 2.02. The van der Waals surface area contributed by atoms with Crippen LogP contribution in [-0.2, 0) is 17.9 Å². The standard InChI is InChI=1S/C25H20ClFN4O3/c1-25(24(33)28-14-16-4-6-17(26)7-5-16)15-30-21(13-20(29-30)22-3-2-12-34-22)23(32)31(25)19-10-8-18(27)9-11-19/h2-13H,14-15H2,1H3,(H,28,33). The first-order valence-electron chi connectivity index (χ1n) is 10.6. The Morgan fingerprint density at radius 3 is 2.59 bits per heavy atom. The third kappa shape index (κ3) is 3.86. The lowest BCUT2D eigenvalue weighted by Gasteiger charge is -2.43. The van der Waals surface area contributed by atoms with Gasteiger partial charge in [-0.05, 0) is 61.0 Å². The topological polar surface area (TPSA) is 80.4 Å². The van der Waals surface area contributed by atoms with Crippen molar-refractivity contribution in [2.75, 3.05) is 4.90 Å². The van der Waals surface area contributed by atoms with Gasteiger partial charge in [0.2, 0.25) is 5.91 Å². The molecule has 34 heavy (non-hydrogen) atoms. The average Bonchev–Trinajstić information content (AvgIpc) is 3.50. The molecular weight excluding hydrogens is 459 g/mol. The van der Waals surface area contributed by atoms with Gasteiger partial charge in [-0.1, -0.05) is 23.7 Å². The molecule has 0 aliphatic carbocycles. The van der Waals surface area contributed by atoms with Crippen molar-refractivity contribution in [1.29, 1.82) is 0 Å². The minimum Gasteiger partial charge on any atom is -0.463 e. The van der Waals surface area contributed by atoms with E-state index < -0.39 is 17.3 Å². The molecule has 1 N–H and O–H groups in total. The largest absolute Gasteiger partial charge is 0.463 e. The number of nitrogens with one attached hydrogen (secondary N) is 1. The Morgan fingerprint density at radius 2 is 1.91 bits per heavy atom. The normalized spacial score (nSPS) is 17.5. The number of carbonyl (C=O) groups is 2. The number of furan rings is 1. The number of halogens is 2. The van der Waals surface area contributed by atoms with E-state index in [4.69, 9.17) is 16.0 Å². The molecule has 1 atom stereocenters. The zero-order chi connectivity index (χ0) is 23.9. The van der Waals surface area contributed by atoms with Gasteiger partial charge in [-0.2, -0.15) is 5.10 Å². The Balaban J connectivity index is 1.52. The number of nitrogens with zero attached hydrogens (tertiary/aromatic N) is 3. The third-order valence-corrected chi connectivity index (χ3v) is 6.12. The molecule has 2 amide bonds. The molecule has 1 aliphatic rings. The molecular formula is C25H20ClFN4O3. The van der Waals surface area contributed by atoms with Gasteiger partial charge in [0.05, 0.1) is 12.8 Å². The van der Waals surface area contributed by atoms with Crippen molar-refractivity contribution in [2.24, 2.45) is 0 Å². The molecule has 172 valence electrons. The monoisotopic (exact) mass is 478 g/mol. The first kappa shape index (κ1) is 21.9. The van der Waals surface area contributed by atoms with Gasteiger partial charge in [0, 0.05) is 23.3 Å². The van der Waals surface area contributed by atoms with Gasteiger partial charge < -0.3 is 9.73 Å². The van der Waals surface area contributed by atoms with E-state index in [1.54, 1.807) is 37.3 Å². The summed E-state index contributed by atoms with van der Waals surface area (Å²) in [4.78, 5) is 28.6.